The molecule has 1 heterocycles. The zero-order valence-electron chi connectivity index (χ0n) is 12.3. The van der Waals surface area contributed by atoms with Crippen LogP contribution in [0.25, 0.3) is 0 Å². The molecule has 1 aromatic rings. The van der Waals surface area contributed by atoms with Crippen LogP contribution in [0, 0.1) is 5.82 Å². The first kappa shape index (κ1) is 15.9. The Morgan fingerprint density at radius 3 is 2.67 bits per heavy atom. The Hall–Kier alpha value is -1.46. The van der Waals surface area contributed by atoms with E-state index < -0.39 is 11.4 Å². The first-order valence-electron chi connectivity index (χ1n) is 7.28. The summed E-state index contributed by atoms with van der Waals surface area (Å²) in [6.07, 6.45) is 3.46. The molecule has 1 aliphatic rings. The van der Waals surface area contributed by atoms with Crippen LogP contribution in [0.5, 0.6) is 0 Å². The van der Waals surface area contributed by atoms with E-state index in [9.17, 15) is 9.18 Å². The molecular formula is C16H22FNO3. The van der Waals surface area contributed by atoms with Gasteiger partial charge < -0.3 is 15.2 Å². The van der Waals surface area contributed by atoms with E-state index in [1.54, 1.807) is 12.1 Å². The fraction of sp³-hybridized carbons (Fsp3) is 0.562. The molecule has 21 heavy (non-hydrogen) atoms. The number of methoxy groups -OCH3 is 1. The smallest absolute Gasteiger partial charge is 0.317 e. The highest BCUT2D eigenvalue weighted by molar-refractivity contribution is 5.83. The van der Waals surface area contributed by atoms with Crippen molar-refractivity contribution in [3.63, 3.8) is 0 Å². The average Bonchev–Trinajstić information content (AvgIpc) is 2.54. The second-order valence-corrected chi connectivity index (χ2v) is 5.48. The molecule has 1 fully saturated rings. The Kier molecular flexibility index (Phi) is 5.31. The first-order chi connectivity index (χ1) is 10.1. The van der Waals surface area contributed by atoms with Crippen molar-refractivity contribution < 1.29 is 18.7 Å². The zero-order valence-corrected chi connectivity index (χ0v) is 12.3. The predicted molar refractivity (Wildman–Crippen MR) is 77.4 cm³/mol. The van der Waals surface area contributed by atoms with Crippen LogP contribution in [0.15, 0.2) is 24.3 Å². The van der Waals surface area contributed by atoms with Crippen LogP contribution >= 0.6 is 0 Å². The van der Waals surface area contributed by atoms with Crippen LogP contribution in [0.3, 0.4) is 0 Å². The van der Waals surface area contributed by atoms with Crippen molar-refractivity contribution in [1.82, 2.24) is 0 Å². The molecule has 5 heteroatoms. The molecule has 0 aromatic heterocycles. The minimum absolute atomic E-state index is 0.0218. The molecule has 2 rings (SSSR count). The van der Waals surface area contributed by atoms with Crippen LogP contribution in [-0.2, 0) is 19.7 Å². The van der Waals surface area contributed by atoms with E-state index in [0.29, 0.717) is 18.6 Å². The fourth-order valence-electron chi connectivity index (χ4n) is 2.92. The van der Waals surface area contributed by atoms with E-state index in [2.05, 4.69) is 0 Å². The summed E-state index contributed by atoms with van der Waals surface area (Å²) in [5.41, 5.74) is 5.61. The van der Waals surface area contributed by atoms with Gasteiger partial charge in [0.05, 0.1) is 13.2 Å². The molecule has 116 valence electrons. The molecule has 1 aliphatic heterocycles. The van der Waals surface area contributed by atoms with Gasteiger partial charge in [-0.1, -0.05) is 12.1 Å². The number of nitrogens with two attached hydrogens (primary N) is 1. The minimum Gasteiger partial charge on any atom is -0.468 e. The SMILES string of the molecule is COC(=O)C(CN)(CC1CCCCO1)c1ccc(F)cc1. The monoisotopic (exact) mass is 295 g/mol. The zero-order chi connectivity index (χ0) is 15.3. The van der Waals surface area contributed by atoms with Crippen LogP contribution < -0.4 is 5.73 Å². The molecule has 0 saturated carbocycles. The van der Waals surface area contributed by atoms with Gasteiger partial charge in [0.15, 0.2) is 0 Å². The molecule has 0 amide bonds. The molecule has 2 atom stereocenters. The molecule has 0 bridgehead atoms. The average molecular weight is 295 g/mol. The first-order valence-corrected chi connectivity index (χ1v) is 7.28. The number of hydrogen-bond donors (Lipinski definition) is 1. The number of ether oxygens (including phenoxy) is 2. The number of rotatable bonds is 5. The van der Waals surface area contributed by atoms with Crippen molar-refractivity contribution >= 4 is 5.97 Å². The van der Waals surface area contributed by atoms with Crippen LogP contribution in [0.2, 0.25) is 0 Å². The molecule has 2 N–H and O–H groups in total. The number of benzene rings is 1. The maximum absolute atomic E-state index is 13.1. The van der Waals surface area contributed by atoms with E-state index in [-0.39, 0.29) is 18.5 Å². The maximum Gasteiger partial charge on any atom is 0.317 e. The van der Waals surface area contributed by atoms with E-state index >= 15 is 0 Å². The normalized spacial score (nSPS) is 21.6. The third-order valence-electron chi connectivity index (χ3n) is 4.17. The summed E-state index contributed by atoms with van der Waals surface area (Å²) in [6.45, 7) is 0.807. The molecule has 4 nitrogen and oxygen atoms in total. The maximum atomic E-state index is 13.1. The lowest BCUT2D eigenvalue weighted by Gasteiger charge is -2.35. The second-order valence-electron chi connectivity index (χ2n) is 5.48. The Balaban J connectivity index is 2.32. The van der Waals surface area contributed by atoms with Gasteiger partial charge in [-0.25, -0.2) is 4.39 Å². The molecule has 0 aliphatic carbocycles. The molecule has 1 aromatic carbocycles. The summed E-state index contributed by atoms with van der Waals surface area (Å²) in [7, 11) is 1.35. The van der Waals surface area contributed by atoms with Gasteiger partial charge >= 0.3 is 5.97 Å². The summed E-state index contributed by atoms with van der Waals surface area (Å²) >= 11 is 0. The molecule has 0 radical (unpaired) electrons. The molecule has 2 unspecified atom stereocenters. The van der Waals surface area contributed by atoms with Crippen molar-refractivity contribution in [3.8, 4) is 0 Å². The fourth-order valence-corrected chi connectivity index (χ4v) is 2.92. The third kappa shape index (κ3) is 3.41. The topological polar surface area (TPSA) is 61.5 Å². The highest BCUT2D eigenvalue weighted by Gasteiger charge is 2.42. The summed E-state index contributed by atoms with van der Waals surface area (Å²) in [5.74, 6) is -0.741. The number of carbonyl (C=O) groups excluding carboxylic acids is 1. The summed E-state index contributed by atoms with van der Waals surface area (Å²) < 4.78 is 23.9. The highest BCUT2D eigenvalue weighted by atomic mass is 19.1. The summed E-state index contributed by atoms with van der Waals surface area (Å²) in [4.78, 5) is 12.4. The largest absolute Gasteiger partial charge is 0.468 e. The lowest BCUT2D eigenvalue weighted by molar-refractivity contribution is -0.149. The standard InChI is InChI=1S/C16H22FNO3/c1-20-15(19)16(11-18,10-14-4-2-3-9-21-14)12-5-7-13(17)8-6-12/h5-8,14H,2-4,9-11,18H2,1H3. The number of halogens is 1. The lowest BCUT2D eigenvalue weighted by Crippen LogP contribution is -2.47. The van der Waals surface area contributed by atoms with Gasteiger partial charge in [0, 0.05) is 13.2 Å². The Bertz CT molecular complexity index is 471. The molecule has 1 saturated heterocycles. The molecular weight excluding hydrogens is 273 g/mol. The van der Waals surface area contributed by atoms with Crippen LogP contribution in [0.4, 0.5) is 4.39 Å². The van der Waals surface area contributed by atoms with Gasteiger partial charge in [-0.15, -0.1) is 0 Å². The van der Waals surface area contributed by atoms with E-state index in [0.717, 1.165) is 19.3 Å². The number of carbonyl (C=O) groups is 1. The van der Waals surface area contributed by atoms with Crippen molar-refractivity contribution in [2.24, 2.45) is 5.73 Å². The number of hydrogen-bond acceptors (Lipinski definition) is 4. The van der Waals surface area contributed by atoms with Gasteiger partial charge in [0.2, 0.25) is 0 Å². The van der Waals surface area contributed by atoms with Gasteiger partial charge in [-0.2, -0.15) is 0 Å². The van der Waals surface area contributed by atoms with Crippen LogP contribution in [0.1, 0.15) is 31.2 Å². The summed E-state index contributed by atoms with van der Waals surface area (Å²) in [5, 5.41) is 0. The highest BCUT2D eigenvalue weighted by Crippen LogP contribution is 2.33. The van der Waals surface area contributed by atoms with E-state index in [1.165, 1.54) is 19.2 Å². The van der Waals surface area contributed by atoms with E-state index in [4.69, 9.17) is 15.2 Å². The second kappa shape index (κ2) is 7.00. The van der Waals surface area contributed by atoms with Crippen molar-refractivity contribution in [1.29, 1.82) is 0 Å². The van der Waals surface area contributed by atoms with Gasteiger partial charge in [0.1, 0.15) is 11.2 Å². The predicted octanol–water partition coefficient (Wildman–Crippen LogP) is 2.15. The van der Waals surface area contributed by atoms with Crippen molar-refractivity contribution in [3.05, 3.63) is 35.6 Å². The summed E-state index contributed by atoms with van der Waals surface area (Å²) in [6, 6.07) is 5.87. The Labute approximate surface area is 124 Å². The van der Waals surface area contributed by atoms with Gasteiger partial charge in [-0.05, 0) is 43.4 Å². The van der Waals surface area contributed by atoms with E-state index in [1.807, 2.05) is 0 Å². The van der Waals surface area contributed by atoms with Crippen molar-refractivity contribution in [2.75, 3.05) is 20.3 Å². The third-order valence-corrected chi connectivity index (χ3v) is 4.17. The van der Waals surface area contributed by atoms with Gasteiger partial charge in [0.25, 0.3) is 0 Å². The minimum atomic E-state index is -0.982. The quantitative estimate of drug-likeness (QED) is 0.846. The number of esters is 1. The van der Waals surface area contributed by atoms with Gasteiger partial charge in [-0.3, -0.25) is 4.79 Å². The van der Waals surface area contributed by atoms with Crippen LogP contribution in [-0.4, -0.2) is 32.3 Å². The van der Waals surface area contributed by atoms with Crippen molar-refractivity contribution in [2.45, 2.75) is 37.2 Å². The Morgan fingerprint density at radius 1 is 1.43 bits per heavy atom. The molecule has 0 spiro atoms. The lowest BCUT2D eigenvalue weighted by atomic mass is 9.75. The Morgan fingerprint density at radius 2 is 2.14 bits per heavy atom.